The van der Waals surface area contributed by atoms with Gasteiger partial charge in [0.05, 0.1) is 78.8 Å². The zero-order valence-corrected chi connectivity index (χ0v) is 79.2. The van der Waals surface area contributed by atoms with Gasteiger partial charge in [0.2, 0.25) is 29.5 Å². The third-order valence-electron chi connectivity index (χ3n) is 27.0. The molecule has 12 fully saturated rings. The number of hydrogen-bond acceptors (Lipinski definition) is 60. The fraction of sp³-hybridized carbons (Fsp3) is 0.939. The van der Waals surface area contributed by atoms with Crippen molar-refractivity contribution in [3.8, 4) is 0 Å². The molecule has 12 saturated heterocycles. The minimum absolute atomic E-state index is 0.842. The van der Waals surface area contributed by atoms with Crippen LogP contribution in [-0.4, -0.2) is 634 Å². The smallest absolute Gasteiger partial charge is 0.217 e. The largest absolute Gasteiger partial charge is 0.394 e. The number of nitrogens with one attached hydrogen (secondary N) is 5. The van der Waals surface area contributed by atoms with Crippen molar-refractivity contribution in [3.05, 3.63) is 0 Å². The van der Waals surface area contributed by atoms with E-state index in [-0.39, 0.29) is 0 Å². The molecule has 65 heteroatoms. The van der Waals surface area contributed by atoms with Gasteiger partial charge in [0.1, 0.15) is 287 Å². The van der Waals surface area contributed by atoms with Gasteiger partial charge in [-0.1, -0.05) is 0 Å². The molecule has 60 atom stereocenters. The van der Waals surface area contributed by atoms with Gasteiger partial charge in [0.25, 0.3) is 0 Å². The second-order valence-electron chi connectivity index (χ2n) is 37.3. The summed E-state index contributed by atoms with van der Waals surface area (Å²) in [5.41, 5.74) is 0. The minimum atomic E-state index is -2.77. The first-order valence-corrected chi connectivity index (χ1v) is 47.0. The molecular formula is C82H137N5O60. The predicted molar refractivity (Wildman–Crippen MR) is 452 cm³/mol. The summed E-state index contributed by atoms with van der Waals surface area (Å²) in [6, 6.07) is -9.91. The van der Waals surface area contributed by atoms with Gasteiger partial charge in [-0.3, -0.25) is 24.0 Å². The van der Waals surface area contributed by atoms with Gasteiger partial charge >= 0.3 is 0 Å². The minimum Gasteiger partial charge on any atom is -0.394 e. The summed E-state index contributed by atoms with van der Waals surface area (Å²) < 4.78 is 139. The number of aliphatic hydroxyl groups excluding tert-OH is 32. The van der Waals surface area contributed by atoms with Crippen molar-refractivity contribution in [2.75, 3.05) is 72.7 Å². The van der Waals surface area contributed by atoms with E-state index in [0.717, 1.165) is 34.6 Å². The quantitative estimate of drug-likeness (QED) is 0.0273. The molecule has 0 spiro atoms. The van der Waals surface area contributed by atoms with E-state index in [1.54, 1.807) is 0 Å². The average Bonchev–Trinajstić information content (AvgIpc) is 0.760. The van der Waals surface area contributed by atoms with E-state index in [1.165, 1.54) is 6.92 Å². The number of carbonyl (C=O) groups is 5. The Kier molecular flexibility index (Phi) is 43.4. The monoisotopic (exact) mass is 2150 g/mol. The number of ether oxygens (including phenoxy) is 23. The Labute approximate surface area is 832 Å². The topological polar surface area (TPSA) is 1010 Å². The molecule has 12 heterocycles. The van der Waals surface area contributed by atoms with E-state index in [9.17, 15) is 187 Å². The Bertz CT molecular complexity index is 4110. The van der Waals surface area contributed by atoms with Gasteiger partial charge in [0.15, 0.2) is 75.5 Å². The molecule has 850 valence electrons. The van der Waals surface area contributed by atoms with Crippen molar-refractivity contribution in [3.63, 3.8) is 0 Å². The lowest BCUT2D eigenvalue weighted by molar-refractivity contribution is -0.403. The average molecular weight is 2150 g/mol. The molecular weight excluding hydrogens is 2010 g/mol. The van der Waals surface area contributed by atoms with Crippen LogP contribution in [0.4, 0.5) is 0 Å². The molecule has 0 aliphatic carbocycles. The van der Waals surface area contributed by atoms with Gasteiger partial charge in [0, 0.05) is 34.6 Å². The lowest BCUT2D eigenvalue weighted by atomic mass is 9.93. The van der Waals surface area contributed by atoms with E-state index in [1.807, 2.05) is 0 Å². The van der Waals surface area contributed by atoms with Crippen molar-refractivity contribution < 1.29 is 296 Å². The fourth-order valence-electron chi connectivity index (χ4n) is 19.2. The number of aliphatic hydroxyl groups is 32. The van der Waals surface area contributed by atoms with Crippen molar-refractivity contribution in [2.24, 2.45) is 0 Å². The third-order valence-corrected chi connectivity index (χ3v) is 27.0. The highest BCUT2D eigenvalue weighted by molar-refractivity contribution is 5.75. The molecule has 5 amide bonds. The SMILES string of the molecule is CC(=O)N[C@@H]1[C@@H](O)[C@H](O[C@@H]2O[C@H](CO)[C@@H](O[C@@H]3O[C@H](CO[C@H]4O[C@H](CO[C@@H]5O[C@H](CO)[C@@H](O[C@@H]6O[C@H](CO)[C@H](O)[C@H](O)[C@H]6O)[C@H](O)[C@H]5NC(C)=O)[C@@H](O)[C@H](O)[C@@H]4O[C@@H]4O[C@H](CO)[C@@H](O[C@@H]5O[C@H](CO)[C@H](O)[C@H](O)[C@H]5O)[C@H](O)[C@H]4NC(C)=O)[C@@H](O)[C@H](O[C@H]4O[C@H](CO)[C@@H](O)[C@H](O)[C@@H]4O[C@@H]4O[C@H](CO)[C@@H](O[C@@H]5O[C@H](CO)[C@H](O)[C@H](O)[C@H]5O)[C@H](O[C@@H]5O[C@@H](C)[C@@H](O)[C@@H](O)[C@@H]5O)[C@H]4NC(C)=O)[C@@H]3O)[C@H](O)[C@H]2NC(C)=O)[C@@H](CO)O[C@@H]1O. The van der Waals surface area contributed by atoms with Crippen LogP contribution in [0.25, 0.3) is 0 Å². The second kappa shape index (κ2) is 52.8. The molecule has 65 nitrogen and oxygen atoms in total. The molecule has 147 heavy (non-hydrogen) atoms. The first kappa shape index (κ1) is 121. The molecule has 0 radical (unpaired) electrons. The highest BCUT2D eigenvalue weighted by Gasteiger charge is 2.64. The summed E-state index contributed by atoms with van der Waals surface area (Å²) in [7, 11) is 0. The second-order valence-corrected chi connectivity index (χ2v) is 37.3. The first-order chi connectivity index (χ1) is 69.5. The molecule has 0 aromatic rings. The summed E-state index contributed by atoms with van der Waals surface area (Å²) in [6.07, 6.45) is -120. The third kappa shape index (κ3) is 26.8. The summed E-state index contributed by atoms with van der Waals surface area (Å²) in [5.74, 6) is -4.94. The van der Waals surface area contributed by atoms with Crippen molar-refractivity contribution in [1.82, 2.24) is 26.6 Å². The summed E-state index contributed by atoms with van der Waals surface area (Å²) >= 11 is 0. The van der Waals surface area contributed by atoms with Crippen LogP contribution in [0, 0.1) is 0 Å². The van der Waals surface area contributed by atoms with Gasteiger partial charge in [-0.25, -0.2) is 0 Å². The Hall–Kier alpha value is -4.85. The van der Waals surface area contributed by atoms with Crippen LogP contribution < -0.4 is 26.6 Å². The maximum Gasteiger partial charge on any atom is 0.217 e. The van der Waals surface area contributed by atoms with Crippen LogP contribution in [0.15, 0.2) is 0 Å². The standard InChI is InChI=1S/C82H137N5O60/c1-18-40(102)51(113)57(119)76(127-18)144-67-39(87-23(6)101)75(136-32(15-96)66(67)143-79-60(122)54(116)43(105)26(9-90)131-79)147-70-55(117)44(106)27(10-91)132-82(70)145-68-46(108)34(137-80(61(68)123)142-65-31(14-95)134-73(37(49(65)111)85-21(4)99)139-62-28(11-92)128-71(124)35(47(62)109)83-19(2)97)17-126-81-69(146-74-38(86-22(5)100)50(112)64(30(13-94)135-74)141-78-59(121)53(115)42(104)25(8-89)130-78)56(118)45(107)33(138-81)16-125-72-36(84-20(3)98)48(110)63(29(12-93)133-72)140-77-58(120)52(114)41(103)24(7-88)129-77/h18,24-82,88-96,102-124H,7-17H2,1-6H3,(H,83,97)(H,84,98)(H,85,99)(H,86,100)(H,87,101)/t18-,24+,25+,26+,27+,28+,29+,30+,31+,32+,33+,34+,35+,36+,37+,38+,39+,40+,41-,42-,43-,44+,45+,46+,47+,48+,49+,50+,51+,52-,53-,54-,55-,56-,57-,58+,59+,60+,61-,62+,63+,64+,65+,66+,67+,68-,69-,70-,71-,72+,73-,74-,75-,76-,77-,78-,79-,80-,81-,82+/m0/s1. The zero-order valence-electron chi connectivity index (χ0n) is 79.2. The molecule has 0 saturated carbocycles. The van der Waals surface area contributed by atoms with Crippen LogP contribution >= 0.6 is 0 Å². The maximum absolute atomic E-state index is 13.7. The Balaban J connectivity index is 0.932. The molecule has 12 rings (SSSR count). The first-order valence-electron chi connectivity index (χ1n) is 47.0. The lowest BCUT2D eigenvalue weighted by Crippen LogP contribution is -2.71. The molecule has 12 aliphatic heterocycles. The summed E-state index contributed by atoms with van der Waals surface area (Å²) in [4.78, 5) is 65.7. The fourth-order valence-corrected chi connectivity index (χ4v) is 19.2. The van der Waals surface area contributed by atoms with Crippen molar-refractivity contribution in [1.29, 1.82) is 0 Å². The molecule has 12 aliphatic rings. The van der Waals surface area contributed by atoms with Gasteiger partial charge in [-0.2, -0.15) is 0 Å². The predicted octanol–water partition coefficient (Wildman–Crippen LogP) is -25.4. The lowest BCUT2D eigenvalue weighted by Gasteiger charge is -2.52. The Morgan fingerprint density at radius 1 is 0.190 bits per heavy atom. The van der Waals surface area contributed by atoms with Crippen LogP contribution in [0.5, 0.6) is 0 Å². The summed E-state index contributed by atoms with van der Waals surface area (Å²) in [6.45, 7) is -7.28. The van der Waals surface area contributed by atoms with Crippen molar-refractivity contribution >= 4 is 29.5 Å². The summed E-state index contributed by atoms with van der Waals surface area (Å²) in [5, 5.41) is 374. The van der Waals surface area contributed by atoms with Crippen LogP contribution in [0.1, 0.15) is 41.5 Å². The van der Waals surface area contributed by atoms with Crippen LogP contribution in [-0.2, 0) is 133 Å². The normalized spacial score (nSPS) is 49.6. The molecule has 0 bridgehead atoms. The zero-order chi connectivity index (χ0) is 108. The van der Waals surface area contributed by atoms with Crippen molar-refractivity contribution in [2.45, 2.75) is 410 Å². The highest BCUT2D eigenvalue weighted by atomic mass is 16.8. The van der Waals surface area contributed by atoms with Gasteiger partial charge < -0.3 is 299 Å². The van der Waals surface area contributed by atoms with E-state index in [4.69, 9.17) is 109 Å². The number of hydrogen-bond donors (Lipinski definition) is 37. The van der Waals surface area contributed by atoms with Crippen LogP contribution in [0.3, 0.4) is 0 Å². The van der Waals surface area contributed by atoms with Crippen LogP contribution in [0.2, 0.25) is 0 Å². The van der Waals surface area contributed by atoms with Gasteiger partial charge in [-0.05, 0) is 6.92 Å². The highest BCUT2D eigenvalue weighted by Crippen LogP contribution is 2.43. The Morgan fingerprint density at radius 3 is 0.823 bits per heavy atom. The molecule has 37 N–H and O–H groups in total. The van der Waals surface area contributed by atoms with E-state index in [0.29, 0.717) is 0 Å². The molecule has 0 aromatic heterocycles. The van der Waals surface area contributed by atoms with Gasteiger partial charge in [-0.15, -0.1) is 0 Å². The number of rotatable bonds is 38. The molecule has 0 unspecified atom stereocenters. The Morgan fingerprint density at radius 2 is 0.429 bits per heavy atom. The maximum atomic E-state index is 13.7. The van der Waals surface area contributed by atoms with E-state index >= 15 is 0 Å². The number of amides is 5. The van der Waals surface area contributed by atoms with E-state index < -0.39 is 470 Å². The van der Waals surface area contributed by atoms with E-state index in [2.05, 4.69) is 26.6 Å². The molecule has 0 aromatic carbocycles. The number of carbonyl (C=O) groups excluding carboxylic acids is 5.